The lowest BCUT2D eigenvalue weighted by molar-refractivity contribution is 0.0722. The molecule has 2 N–H and O–H groups in total. The molecule has 1 aromatic carbocycles. The first-order valence-corrected chi connectivity index (χ1v) is 7.96. The summed E-state index contributed by atoms with van der Waals surface area (Å²) < 4.78 is 0. The summed E-state index contributed by atoms with van der Waals surface area (Å²) >= 11 is 0. The zero-order valence-corrected chi connectivity index (χ0v) is 11.9. The van der Waals surface area contributed by atoms with Gasteiger partial charge in [0.2, 0.25) is 0 Å². The summed E-state index contributed by atoms with van der Waals surface area (Å²) in [6.07, 6.45) is 11.2. The van der Waals surface area contributed by atoms with Crippen LogP contribution in [0.5, 0.6) is 0 Å². The van der Waals surface area contributed by atoms with Crippen LogP contribution >= 0.6 is 0 Å². The molecule has 2 fully saturated rings. The molecule has 0 spiro atoms. The zero-order valence-electron chi connectivity index (χ0n) is 11.9. The highest BCUT2D eigenvalue weighted by atomic mass is 15.2. The molecule has 2 heteroatoms. The van der Waals surface area contributed by atoms with Crippen molar-refractivity contribution in [3.8, 4) is 0 Å². The summed E-state index contributed by atoms with van der Waals surface area (Å²) in [7, 11) is 0. The van der Waals surface area contributed by atoms with Gasteiger partial charge in [-0.15, -0.1) is 0 Å². The van der Waals surface area contributed by atoms with E-state index < -0.39 is 0 Å². The first-order chi connectivity index (χ1) is 9.34. The number of benzene rings is 1. The van der Waals surface area contributed by atoms with Crippen molar-refractivity contribution in [2.45, 2.75) is 63.5 Å². The Bertz CT molecular complexity index is 392. The third kappa shape index (κ3) is 2.94. The van der Waals surface area contributed by atoms with Crippen molar-refractivity contribution in [3.63, 3.8) is 0 Å². The molecule has 1 aliphatic heterocycles. The molecular formula is C17H26N2. The first-order valence-electron chi connectivity index (χ1n) is 7.96. The second-order valence-corrected chi connectivity index (χ2v) is 6.21. The number of rotatable bonds is 2. The fraction of sp³-hybridized carbons (Fsp3) is 0.647. The van der Waals surface area contributed by atoms with E-state index in [4.69, 9.17) is 5.73 Å². The van der Waals surface area contributed by atoms with Crippen molar-refractivity contribution < 1.29 is 0 Å². The monoisotopic (exact) mass is 258 g/mol. The Balaban J connectivity index is 1.78. The molecule has 0 amide bonds. The van der Waals surface area contributed by atoms with Gasteiger partial charge >= 0.3 is 0 Å². The molecule has 1 saturated heterocycles. The number of nitrogens with zero attached hydrogens (tertiary/aromatic N) is 1. The average Bonchev–Trinajstić information content (AvgIpc) is 2.49. The summed E-state index contributed by atoms with van der Waals surface area (Å²) in [4.78, 5) is 2.80. The summed E-state index contributed by atoms with van der Waals surface area (Å²) in [5, 5.41) is 0. The van der Waals surface area contributed by atoms with Gasteiger partial charge in [0, 0.05) is 17.8 Å². The van der Waals surface area contributed by atoms with E-state index in [1.54, 1.807) is 0 Å². The molecule has 3 rings (SSSR count). The Morgan fingerprint density at radius 2 is 1.53 bits per heavy atom. The number of likely N-dealkylation sites (tertiary alicyclic amines) is 1. The molecule has 2 aliphatic rings. The maximum atomic E-state index is 5.82. The van der Waals surface area contributed by atoms with Gasteiger partial charge in [0.15, 0.2) is 0 Å². The maximum Gasteiger partial charge on any atom is 0.0351 e. The van der Waals surface area contributed by atoms with Gasteiger partial charge in [-0.05, 0) is 49.9 Å². The highest BCUT2D eigenvalue weighted by Gasteiger charge is 2.30. The van der Waals surface area contributed by atoms with E-state index in [0.29, 0.717) is 6.04 Å². The fourth-order valence-corrected chi connectivity index (χ4v) is 3.88. The molecule has 19 heavy (non-hydrogen) atoms. The van der Waals surface area contributed by atoms with Crippen molar-refractivity contribution in [3.05, 3.63) is 29.8 Å². The van der Waals surface area contributed by atoms with Crippen LogP contribution in [-0.4, -0.2) is 17.5 Å². The van der Waals surface area contributed by atoms with Crippen molar-refractivity contribution in [2.24, 2.45) is 0 Å². The fourth-order valence-electron chi connectivity index (χ4n) is 3.88. The van der Waals surface area contributed by atoms with E-state index in [9.17, 15) is 0 Å². The minimum Gasteiger partial charge on any atom is -0.399 e. The molecule has 0 bridgehead atoms. The van der Waals surface area contributed by atoms with E-state index in [1.165, 1.54) is 63.5 Å². The third-order valence-corrected chi connectivity index (χ3v) is 4.91. The highest BCUT2D eigenvalue weighted by Crippen LogP contribution is 2.36. The highest BCUT2D eigenvalue weighted by molar-refractivity contribution is 5.40. The van der Waals surface area contributed by atoms with Crippen LogP contribution in [0.4, 0.5) is 5.69 Å². The summed E-state index contributed by atoms with van der Waals surface area (Å²) in [6.45, 7) is 1.29. The Morgan fingerprint density at radius 3 is 2.26 bits per heavy atom. The molecule has 104 valence electrons. The SMILES string of the molecule is Nc1ccc(C2CCCCN2C2CCCCC2)cc1. The van der Waals surface area contributed by atoms with Gasteiger partial charge in [-0.2, -0.15) is 0 Å². The minimum atomic E-state index is 0.637. The Hall–Kier alpha value is -1.02. The summed E-state index contributed by atoms with van der Waals surface area (Å²) in [6, 6.07) is 10.1. The van der Waals surface area contributed by atoms with Gasteiger partial charge in [-0.1, -0.05) is 37.8 Å². The van der Waals surface area contributed by atoms with Gasteiger partial charge in [0.1, 0.15) is 0 Å². The van der Waals surface area contributed by atoms with E-state index in [1.807, 2.05) is 0 Å². The lowest BCUT2D eigenvalue weighted by Crippen LogP contribution is -2.42. The second-order valence-electron chi connectivity index (χ2n) is 6.21. The van der Waals surface area contributed by atoms with E-state index in [0.717, 1.165) is 11.7 Å². The number of nitrogens with two attached hydrogens (primary N) is 1. The summed E-state index contributed by atoms with van der Waals surface area (Å²) in [5.74, 6) is 0. The first kappa shape index (κ1) is 13.0. The van der Waals surface area contributed by atoms with Gasteiger partial charge in [0.25, 0.3) is 0 Å². The third-order valence-electron chi connectivity index (χ3n) is 4.91. The molecule has 1 unspecified atom stereocenters. The smallest absolute Gasteiger partial charge is 0.0351 e. The Labute approximate surface area is 117 Å². The van der Waals surface area contributed by atoms with Crippen LogP contribution in [0.25, 0.3) is 0 Å². The predicted octanol–water partition coefficient (Wildman–Crippen LogP) is 4.13. The maximum absolute atomic E-state index is 5.82. The van der Waals surface area contributed by atoms with Gasteiger partial charge in [0.05, 0.1) is 0 Å². The average molecular weight is 258 g/mol. The molecule has 1 aliphatic carbocycles. The Morgan fingerprint density at radius 1 is 0.842 bits per heavy atom. The topological polar surface area (TPSA) is 29.3 Å². The van der Waals surface area contributed by atoms with Crippen molar-refractivity contribution in [2.75, 3.05) is 12.3 Å². The van der Waals surface area contributed by atoms with Crippen LogP contribution in [-0.2, 0) is 0 Å². The van der Waals surface area contributed by atoms with Crippen LogP contribution in [0.15, 0.2) is 24.3 Å². The van der Waals surface area contributed by atoms with Crippen LogP contribution in [0, 0.1) is 0 Å². The normalized spacial score (nSPS) is 26.4. The second kappa shape index (κ2) is 5.96. The largest absolute Gasteiger partial charge is 0.399 e. The molecule has 1 aromatic rings. The molecule has 0 radical (unpaired) electrons. The van der Waals surface area contributed by atoms with Crippen LogP contribution in [0.1, 0.15) is 63.0 Å². The van der Waals surface area contributed by atoms with Crippen molar-refractivity contribution in [1.82, 2.24) is 4.90 Å². The summed E-state index contributed by atoms with van der Waals surface area (Å²) in [5.41, 5.74) is 8.17. The van der Waals surface area contributed by atoms with Crippen LogP contribution in [0.3, 0.4) is 0 Å². The minimum absolute atomic E-state index is 0.637. The quantitative estimate of drug-likeness (QED) is 0.808. The number of anilines is 1. The number of hydrogen-bond donors (Lipinski definition) is 1. The molecule has 0 aromatic heterocycles. The molecule has 1 atom stereocenters. The number of hydrogen-bond acceptors (Lipinski definition) is 2. The van der Waals surface area contributed by atoms with Crippen LogP contribution in [0.2, 0.25) is 0 Å². The number of piperidine rings is 1. The molecule has 1 saturated carbocycles. The van der Waals surface area contributed by atoms with Gasteiger partial charge in [-0.3, -0.25) is 4.90 Å². The van der Waals surface area contributed by atoms with E-state index in [-0.39, 0.29) is 0 Å². The lowest BCUT2D eigenvalue weighted by atomic mass is 9.88. The van der Waals surface area contributed by atoms with E-state index >= 15 is 0 Å². The van der Waals surface area contributed by atoms with Gasteiger partial charge < -0.3 is 5.73 Å². The van der Waals surface area contributed by atoms with Crippen LogP contribution < -0.4 is 5.73 Å². The van der Waals surface area contributed by atoms with Crippen molar-refractivity contribution >= 4 is 5.69 Å². The van der Waals surface area contributed by atoms with Crippen molar-refractivity contribution in [1.29, 1.82) is 0 Å². The van der Waals surface area contributed by atoms with E-state index in [2.05, 4.69) is 29.2 Å². The number of nitrogen functional groups attached to an aromatic ring is 1. The predicted molar refractivity (Wildman–Crippen MR) is 81.0 cm³/mol. The molecule has 2 nitrogen and oxygen atoms in total. The molecule has 1 heterocycles. The standard InChI is InChI=1S/C17H26N2/c18-15-11-9-14(10-12-15)17-8-4-5-13-19(17)16-6-2-1-3-7-16/h9-12,16-17H,1-8,13,18H2. The Kier molecular flexibility index (Phi) is 4.07. The zero-order chi connectivity index (χ0) is 13.1. The molecular weight excluding hydrogens is 232 g/mol. The van der Waals surface area contributed by atoms with Gasteiger partial charge in [-0.25, -0.2) is 0 Å². The lowest BCUT2D eigenvalue weighted by Gasteiger charge is -2.43.